The van der Waals surface area contributed by atoms with Crippen molar-refractivity contribution in [1.29, 1.82) is 0 Å². The van der Waals surface area contributed by atoms with Gasteiger partial charge in [-0.1, -0.05) is 11.2 Å². The van der Waals surface area contributed by atoms with Crippen LogP contribution in [0.4, 0.5) is 0 Å². The third-order valence-corrected chi connectivity index (χ3v) is 2.55. The molecule has 0 saturated heterocycles. The number of ether oxygens (including phenoxy) is 2. The lowest BCUT2D eigenvalue weighted by molar-refractivity contribution is -0.123. The summed E-state index contributed by atoms with van der Waals surface area (Å²) in [6.45, 7) is 2.05. The van der Waals surface area contributed by atoms with Gasteiger partial charge < -0.3 is 19.3 Å². The molecule has 1 N–H and O–H groups in total. The predicted octanol–water partition coefficient (Wildman–Crippen LogP) is 1.69. The molecule has 20 heavy (non-hydrogen) atoms. The molecule has 106 valence electrons. The average molecular weight is 276 g/mol. The molecule has 0 saturated carbocycles. The SMILES string of the molecule is COc1cccc(OCC(=O)NCc2cc(C)on2)c1. The fourth-order valence-electron chi connectivity index (χ4n) is 1.58. The fourth-order valence-corrected chi connectivity index (χ4v) is 1.58. The number of methoxy groups -OCH3 is 1. The summed E-state index contributed by atoms with van der Waals surface area (Å²) in [6, 6.07) is 8.85. The number of aryl methyl sites for hydroxylation is 1. The van der Waals surface area contributed by atoms with Crippen molar-refractivity contribution < 1.29 is 18.8 Å². The van der Waals surface area contributed by atoms with Crippen molar-refractivity contribution in [1.82, 2.24) is 10.5 Å². The Balaban J connectivity index is 1.77. The third-order valence-electron chi connectivity index (χ3n) is 2.55. The Kier molecular flexibility index (Phi) is 4.60. The third kappa shape index (κ3) is 4.01. The number of benzene rings is 1. The standard InChI is InChI=1S/C14H16N2O4/c1-10-6-11(16-20-10)8-15-14(17)9-19-13-5-3-4-12(7-13)18-2/h3-7H,8-9H2,1-2H3,(H,15,17). The molecular weight excluding hydrogens is 260 g/mol. The second-order valence-corrected chi connectivity index (χ2v) is 4.17. The van der Waals surface area contributed by atoms with E-state index in [-0.39, 0.29) is 12.5 Å². The van der Waals surface area contributed by atoms with Crippen LogP contribution in [0, 0.1) is 6.92 Å². The number of nitrogens with zero attached hydrogens (tertiary/aromatic N) is 1. The zero-order valence-corrected chi connectivity index (χ0v) is 11.4. The van der Waals surface area contributed by atoms with E-state index >= 15 is 0 Å². The van der Waals surface area contributed by atoms with Crippen molar-refractivity contribution in [3.05, 3.63) is 41.8 Å². The Bertz CT molecular complexity index is 580. The Morgan fingerprint density at radius 2 is 2.15 bits per heavy atom. The van der Waals surface area contributed by atoms with Crippen molar-refractivity contribution in [3.8, 4) is 11.5 Å². The number of nitrogens with one attached hydrogen (secondary N) is 1. The largest absolute Gasteiger partial charge is 0.497 e. The highest BCUT2D eigenvalue weighted by atomic mass is 16.5. The van der Waals surface area contributed by atoms with Crippen LogP contribution in [-0.4, -0.2) is 24.8 Å². The first-order chi connectivity index (χ1) is 9.67. The average Bonchev–Trinajstić information content (AvgIpc) is 2.89. The van der Waals surface area contributed by atoms with Gasteiger partial charge in [-0.3, -0.25) is 4.79 Å². The van der Waals surface area contributed by atoms with Gasteiger partial charge in [0.2, 0.25) is 0 Å². The maximum atomic E-state index is 11.6. The number of carbonyl (C=O) groups excluding carboxylic acids is 1. The minimum absolute atomic E-state index is 0.0655. The van der Waals surface area contributed by atoms with Crippen LogP contribution in [0.2, 0.25) is 0 Å². The van der Waals surface area contributed by atoms with Crippen molar-refractivity contribution in [2.24, 2.45) is 0 Å². The lowest BCUT2D eigenvalue weighted by Crippen LogP contribution is -2.28. The van der Waals surface area contributed by atoms with E-state index in [1.165, 1.54) is 0 Å². The van der Waals surface area contributed by atoms with E-state index in [0.29, 0.717) is 29.5 Å². The first kappa shape index (κ1) is 13.9. The molecule has 0 spiro atoms. The molecule has 0 aliphatic carbocycles. The lowest BCUT2D eigenvalue weighted by atomic mass is 10.3. The highest BCUT2D eigenvalue weighted by Gasteiger charge is 2.05. The number of hydrogen-bond donors (Lipinski definition) is 1. The van der Waals surface area contributed by atoms with Gasteiger partial charge in [0, 0.05) is 12.1 Å². The minimum Gasteiger partial charge on any atom is -0.497 e. The maximum Gasteiger partial charge on any atom is 0.258 e. The van der Waals surface area contributed by atoms with Crippen molar-refractivity contribution in [2.75, 3.05) is 13.7 Å². The quantitative estimate of drug-likeness (QED) is 0.869. The van der Waals surface area contributed by atoms with E-state index in [9.17, 15) is 4.79 Å². The van der Waals surface area contributed by atoms with Crippen LogP contribution < -0.4 is 14.8 Å². The zero-order chi connectivity index (χ0) is 14.4. The van der Waals surface area contributed by atoms with Crippen LogP contribution in [0.1, 0.15) is 11.5 Å². The summed E-state index contributed by atoms with van der Waals surface area (Å²) in [5, 5.41) is 6.48. The molecule has 0 unspecified atom stereocenters. The molecular formula is C14H16N2O4. The molecule has 0 bridgehead atoms. The zero-order valence-electron chi connectivity index (χ0n) is 11.4. The predicted molar refractivity (Wildman–Crippen MR) is 71.6 cm³/mol. The molecule has 1 aromatic heterocycles. The highest BCUT2D eigenvalue weighted by molar-refractivity contribution is 5.77. The van der Waals surface area contributed by atoms with Gasteiger partial charge in [-0.2, -0.15) is 0 Å². The van der Waals surface area contributed by atoms with Gasteiger partial charge in [-0.25, -0.2) is 0 Å². The Hall–Kier alpha value is -2.50. The van der Waals surface area contributed by atoms with Crippen molar-refractivity contribution >= 4 is 5.91 Å². The van der Waals surface area contributed by atoms with Crippen molar-refractivity contribution in [3.63, 3.8) is 0 Å². The molecule has 0 atom stereocenters. The lowest BCUT2D eigenvalue weighted by Gasteiger charge is -2.07. The topological polar surface area (TPSA) is 73.6 Å². The summed E-state index contributed by atoms with van der Waals surface area (Å²) in [5.74, 6) is 1.74. The number of aromatic nitrogens is 1. The molecule has 0 aliphatic heterocycles. The van der Waals surface area contributed by atoms with E-state index in [0.717, 1.165) is 0 Å². The van der Waals surface area contributed by atoms with Gasteiger partial charge in [0.25, 0.3) is 5.91 Å². The fraction of sp³-hybridized carbons (Fsp3) is 0.286. The Morgan fingerprint density at radius 1 is 1.35 bits per heavy atom. The monoisotopic (exact) mass is 276 g/mol. The van der Waals surface area contributed by atoms with Gasteiger partial charge in [-0.15, -0.1) is 0 Å². The van der Waals surface area contributed by atoms with E-state index in [4.69, 9.17) is 14.0 Å². The molecule has 2 aromatic rings. The first-order valence-electron chi connectivity index (χ1n) is 6.13. The van der Waals surface area contributed by atoms with Crippen LogP contribution >= 0.6 is 0 Å². The van der Waals surface area contributed by atoms with Crippen LogP contribution in [0.15, 0.2) is 34.9 Å². The summed E-state index contributed by atoms with van der Waals surface area (Å²) in [4.78, 5) is 11.6. The van der Waals surface area contributed by atoms with Crippen LogP contribution in [0.5, 0.6) is 11.5 Å². The first-order valence-corrected chi connectivity index (χ1v) is 6.13. The molecule has 1 heterocycles. The summed E-state index contributed by atoms with van der Waals surface area (Å²) < 4.78 is 15.3. The summed E-state index contributed by atoms with van der Waals surface area (Å²) >= 11 is 0. The Morgan fingerprint density at radius 3 is 2.85 bits per heavy atom. The van der Waals surface area contributed by atoms with E-state index in [2.05, 4.69) is 10.5 Å². The summed E-state index contributed by atoms with van der Waals surface area (Å²) in [6.07, 6.45) is 0. The molecule has 1 aromatic carbocycles. The summed E-state index contributed by atoms with van der Waals surface area (Å²) in [7, 11) is 1.58. The van der Waals surface area contributed by atoms with Gasteiger partial charge in [0.1, 0.15) is 23.0 Å². The number of carbonyl (C=O) groups is 1. The number of hydrogen-bond acceptors (Lipinski definition) is 5. The minimum atomic E-state index is -0.228. The highest BCUT2D eigenvalue weighted by Crippen LogP contribution is 2.18. The van der Waals surface area contributed by atoms with Crippen LogP contribution in [0.25, 0.3) is 0 Å². The smallest absolute Gasteiger partial charge is 0.258 e. The summed E-state index contributed by atoms with van der Waals surface area (Å²) in [5.41, 5.74) is 0.678. The van der Waals surface area contributed by atoms with Gasteiger partial charge >= 0.3 is 0 Å². The van der Waals surface area contributed by atoms with E-state index < -0.39 is 0 Å². The molecule has 6 heteroatoms. The van der Waals surface area contributed by atoms with Crippen LogP contribution in [-0.2, 0) is 11.3 Å². The van der Waals surface area contributed by atoms with E-state index in [1.54, 1.807) is 44.4 Å². The second kappa shape index (κ2) is 6.60. The van der Waals surface area contributed by atoms with Gasteiger partial charge in [0.15, 0.2) is 6.61 Å². The number of amides is 1. The molecule has 0 radical (unpaired) electrons. The molecule has 6 nitrogen and oxygen atoms in total. The van der Waals surface area contributed by atoms with Crippen molar-refractivity contribution in [2.45, 2.75) is 13.5 Å². The molecule has 0 aliphatic rings. The maximum absolute atomic E-state index is 11.6. The molecule has 1 amide bonds. The number of rotatable bonds is 6. The molecule has 0 fully saturated rings. The second-order valence-electron chi connectivity index (χ2n) is 4.17. The van der Waals surface area contributed by atoms with Crippen LogP contribution in [0.3, 0.4) is 0 Å². The van der Waals surface area contributed by atoms with Gasteiger partial charge in [0.05, 0.1) is 13.7 Å². The van der Waals surface area contributed by atoms with Gasteiger partial charge in [-0.05, 0) is 19.1 Å². The van der Waals surface area contributed by atoms with E-state index in [1.807, 2.05) is 0 Å². The Labute approximate surface area is 116 Å². The normalized spacial score (nSPS) is 10.1. The molecule has 2 rings (SSSR count).